The van der Waals surface area contributed by atoms with Crippen LogP contribution in [0.25, 0.3) is 0 Å². The van der Waals surface area contributed by atoms with Gasteiger partial charge in [0.25, 0.3) is 10.1 Å². The van der Waals surface area contributed by atoms with Crippen LogP contribution in [0.5, 0.6) is 0 Å². The van der Waals surface area contributed by atoms with Gasteiger partial charge in [-0.2, -0.15) is 8.42 Å². The van der Waals surface area contributed by atoms with E-state index in [-0.39, 0.29) is 18.1 Å². The lowest BCUT2D eigenvalue weighted by molar-refractivity contribution is 0.145. The molecule has 0 aromatic heterocycles. The summed E-state index contributed by atoms with van der Waals surface area (Å²) in [5, 5.41) is 9.68. The van der Waals surface area contributed by atoms with E-state index in [9.17, 15) is 13.5 Å². The first kappa shape index (κ1) is 17.1. The Kier molecular flexibility index (Phi) is 5.39. The van der Waals surface area contributed by atoms with E-state index in [2.05, 4.69) is 15.9 Å². The van der Waals surface area contributed by atoms with Gasteiger partial charge in [0.1, 0.15) is 4.90 Å². The molecule has 0 saturated heterocycles. The summed E-state index contributed by atoms with van der Waals surface area (Å²) in [6, 6.07) is 15.7. The molecule has 0 unspecified atom stereocenters. The zero-order valence-corrected chi connectivity index (χ0v) is 14.5. The number of halogens is 1. The minimum Gasteiger partial charge on any atom is -0.395 e. The average Bonchev–Trinajstić information content (AvgIpc) is 2.54. The van der Waals surface area contributed by atoms with E-state index in [4.69, 9.17) is 4.18 Å². The molecule has 1 N–H and O–H groups in total. The molecule has 0 amide bonds. The van der Waals surface area contributed by atoms with Crippen LogP contribution in [0.2, 0.25) is 0 Å². The van der Waals surface area contributed by atoms with Crippen molar-refractivity contribution >= 4 is 26.0 Å². The fraction of sp³-hybridized carbons (Fsp3) is 0.250. The molecule has 1 atom stereocenters. The molecule has 0 aliphatic rings. The van der Waals surface area contributed by atoms with Gasteiger partial charge in [0.2, 0.25) is 0 Å². The third-order valence-electron chi connectivity index (χ3n) is 3.46. The minimum absolute atomic E-state index is 0.0725. The quantitative estimate of drug-likeness (QED) is 0.777. The van der Waals surface area contributed by atoms with E-state index in [1.165, 1.54) is 6.07 Å². The minimum atomic E-state index is -3.90. The third kappa shape index (κ3) is 3.76. The van der Waals surface area contributed by atoms with Crippen molar-refractivity contribution < 1.29 is 17.7 Å². The van der Waals surface area contributed by atoms with Gasteiger partial charge >= 0.3 is 0 Å². The summed E-state index contributed by atoms with van der Waals surface area (Å²) in [5.41, 5.74) is 0.0232. The Hall–Kier alpha value is -1.21. The van der Waals surface area contributed by atoms with Crippen molar-refractivity contribution in [3.8, 4) is 0 Å². The second-order valence-electron chi connectivity index (χ2n) is 5.23. The van der Waals surface area contributed by atoms with Crippen LogP contribution in [0.1, 0.15) is 12.5 Å². The second kappa shape index (κ2) is 6.91. The molecule has 0 saturated carbocycles. The standard InChI is InChI=1S/C16H17BrO4S/c1-16(11-18,13-7-3-2-4-8-13)12-21-22(19,20)15-10-6-5-9-14(15)17/h2-10,18H,11-12H2,1H3/t16-/m1/s1. The lowest BCUT2D eigenvalue weighted by Crippen LogP contribution is -2.33. The van der Waals surface area contributed by atoms with Crippen molar-refractivity contribution in [1.82, 2.24) is 0 Å². The molecular weight excluding hydrogens is 368 g/mol. The number of benzene rings is 2. The summed E-state index contributed by atoms with van der Waals surface area (Å²) in [4.78, 5) is 0.0725. The zero-order valence-electron chi connectivity index (χ0n) is 12.1. The summed E-state index contributed by atoms with van der Waals surface area (Å²) in [5.74, 6) is 0. The molecule has 22 heavy (non-hydrogen) atoms. The molecule has 2 rings (SSSR count). The van der Waals surface area contributed by atoms with E-state index in [0.29, 0.717) is 4.47 Å². The summed E-state index contributed by atoms with van der Waals surface area (Å²) in [6.07, 6.45) is 0. The highest BCUT2D eigenvalue weighted by atomic mass is 79.9. The van der Waals surface area contributed by atoms with E-state index in [0.717, 1.165) is 5.56 Å². The number of aliphatic hydroxyl groups is 1. The molecule has 2 aromatic rings. The number of rotatable bonds is 6. The maximum Gasteiger partial charge on any atom is 0.298 e. The predicted molar refractivity (Wildman–Crippen MR) is 88.2 cm³/mol. The molecular formula is C16H17BrO4S. The normalized spacial score (nSPS) is 14.5. The first-order valence-electron chi connectivity index (χ1n) is 6.69. The maximum atomic E-state index is 12.3. The second-order valence-corrected chi connectivity index (χ2v) is 7.67. The fourth-order valence-electron chi connectivity index (χ4n) is 1.98. The van der Waals surface area contributed by atoms with E-state index in [1.807, 2.05) is 30.3 Å². The summed E-state index contributed by atoms with van der Waals surface area (Å²) >= 11 is 3.21. The van der Waals surface area contributed by atoms with Crippen LogP contribution in [-0.2, 0) is 19.7 Å². The number of hydrogen-bond acceptors (Lipinski definition) is 4. The summed E-state index contributed by atoms with van der Waals surface area (Å²) in [6.45, 7) is 1.40. The first-order valence-corrected chi connectivity index (χ1v) is 8.89. The van der Waals surface area contributed by atoms with Crippen molar-refractivity contribution in [2.75, 3.05) is 13.2 Å². The maximum absolute atomic E-state index is 12.3. The van der Waals surface area contributed by atoms with Crippen molar-refractivity contribution in [2.24, 2.45) is 0 Å². The van der Waals surface area contributed by atoms with Crippen molar-refractivity contribution in [3.63, 3.8) is 0 Å². The van der Waals surface area contributed by atoms with Gasteiger partial charge in [-0.1, -0.05) is 49.4 Å². The molecule has 6 heteroatoms. The van der Waals surface area contributed by atoms with Gasteiger partial charge in [-0.3, -0.25) is 4.18 Å². The smallest absolute Gasteiger partial charge is 0.298 e. The highest BCUT2D eigenvalue weighted by Crippen LogP contribution is 2.27. The molecule has 0 spiro atoms. The molecule has 2 aromatic carbocycles. The first-order chi connectivity index (χ1) is 10.4. The molecule has 118 valence electrons. The monoisotopic (exact) mass is 384 g/mol. The zero-order chi connectivity index (χ0) is 16.2. The average molecular weight is 385 g/mol. The van der Waals surface area contributed by atoms with E-state index < -0.39 is 15.5 Å². The molecule has 4 nitrogen and oxygen atoms in total. The third-order valence-corrected chi connectivity index (χ3v) is 5.74. The van der Waals surface area contributed by atoms with Crippen LogP contribution < -0.4 is 0 Å². The number of aliphatic hydroxyl groups excluding tert-OH is 1. The van der Waals surface area contributed by atoms with Crippen LogP contribution in [0.15, 0.2) is 64.0 Å². The van der Waals surface area contributed by atoms with E-state index >= 15 is 0 Å². The highest BCUT2D eigenvalue weighted by molar-refractivity contribution is 9.10. The Labute approximate surface area is 139 Å². The predicted octanol–water partition coefficient (Wildman–Crippen LogP) is 3.10. The van der Waals surface area contributed by atoms with Crippen molar-refractivity contribution in [3.05, 3.63) is 64.6 Å². The van der Waals surface area contributed by atoms with Crippen LogP contribution in [-0.4, -0.2) is 26.7 Å². The van der Waals surface area contributed by atoms with Gasteiger partial charge in [0, 0.05) is 9.89 Å². The Bertz CT molecular complexity index is 731. The highest BCUT2D eigenvalue weighted by Gasteiger charge is 2.30. The Balaban J connectivity index is 2.22. The molecule has 0 bridgehead atoms. The SMILES string of the molecule is C[C@@](CO)(COS(=O)(=O)c1ccccc1Br)c1ccccc1. The molecule has 0 fully saturated rings. The summed E-state index contributed by atoms with van der Waals surface area (Å²) < 4.78 is 30.3. The Morgan fingerprint density at radius 3 is 2.27 bits per heavy atom. The summed E-state index contributed by atoms with van der Waals surface area (Å²) in [7, 11) is -3.90. The van der Waals surface area contributed by atoms with Crippen molar-refractivity contribution in [2.45, 2.75) is 17.2 Å². The van der Waals surface area contributed by atoms with Crippen LogP contribution in [0.4, 0.5) is 0 Å². The number of hydrogen-bond donors (Lipinski definition) is 1. The largest absolute Gasteiger partial charge is 0.395 e. The lowest BCUT2D eigenvalue weighted by atomic mass is 9.84. The molecule has 0 heterocycles. The Morgan fingerprint density at radius 2 is 1.68 bits per heavy atom. The van der Waals surface area contributed by atoms with Gasteiger partial charge < -0.3 is 5.11 Å². The molecule has 0 radical (unpaired) electrons. The van der Waals surface area contributed by atoms with Crippen molar-refractivity contribution in [1.29, 1.82) is 0 Å². The van der Waals surface area contributed by atoms with E-state index in [1.54, 1.807) is 25.1 Å². The van der Waals surface area contributed by atoms with Gasteiger partial charge in [0.05, 0.1) is 13.2 Å². The van der Waals surface area contributed by atoms with Gasteiger partial charge in [-0.15, -0.1) is 0 Å². The van der Waals surface area contributed by atoms with Gasteiger partial charge in [0.15, 0.2) is 0 Å². The molecule has 0 aliphatic carbocycles. The van der Waals surface area contributed by atoms with Crippen LogP contribution in [0.3, 0.4) is 0 Å². The lowest BCUT2D eigenvalue weighted by Gasteiger charge is -2.27. The van der Waals surface area contributed by atoms with Crippen LogP contribution >= 0.6 is 15.9 Å². The Morgan fingerprint density at radius 1 is 1.09 bits per heavy atom. The topological polar surface area (TPSA) is 63.6 Å². The van der Waals surface area contributed by atoms with Gasteiger partial charge in [-0.05, 0) is 33.6 Å². The van der Waals surface area contributed by atoms with Crippen LogP contribution in [0, 0.1) is 0 Å². The van der Waals surface area contributed by atoms with Gasteiger partial charge in [-0.25, -0.2) is 0 Å². The molecule has 0 aliphatic heterocycles. The fourth-order valence-corrected chi connectivity index (χ4v) is 3.95.